The van der Waals surface area contributed by atoms with E-state index < -0.39 is 0 Å². The maximum absolute atomic E-state index is 11.5. The van der Waals surface area contributed by atoms with Crippen LogP contribution in [0.15, 0.2) is 0 Å². The van der Waals surface area contributed by atoms with E-state index >= 15 is 0 Å². The molecule has 0 aromatic carbocycles. The van der Waals surface area contributed by atoms with Gasteiger partial charge in [-0.15, -0.1) is 0 Å². The Morgan fingerprint density at radius 3 is 0.900 bits per heavy atom. The highest BCUT2D eigenvalue weighted by Gasteiger charge is 2.11. The molecule has 0 saturated heterocycles. The van der Waals surface area contributed by atoms with Crippen LogP contribution >= 0.6 is 0 Å². The maximum Gasteiger partial charge on any atom is 0.477 e. The third-order valence-corrected chi connectivity index (χ3v) is 5.59. The standard InChI is InChI=1S/C24H52N3O3/c25-21-17-13-9-5-1-3-7-11-15-19-23-29-27(28)30-24-20-16-12-8-4-2-6-10-14-18-22-26/h1-26H2/q+1. The highest BCUT2D eigenvalue weighted by Crippen LogP contribution is 2.11. The van der Waals surface area contributed by atoms with Crippen LogP contribution in [-0.4, -0.2) is 31.4 Å². The summed E-state index contributed by atoms with van der Waals surface area (Å²) in [5.74, 6) is 0. The van der Waals surface area contributed by atoms with E-state index in [0.29, 0.717) is 18.3 Å². The first-order chi connectivity index (χ1) is 14.8. The van der Waals surface area contributed by atoms with Crippen LogP contribution in [0.1, 0.15) is 128 Å². The first kappa shape index (κ1) is 29.1. The third-order valence-electron chi connectivity index (χ3n) is 5.59. The Morgan fingerprint density at radius 2 is 0.633 bits per heavy atom. The molecule has 0 radical (unpaired) electrons. The van der Waals surface area contributed by atoms with E-state index in [1.165, 1.54) is 89.9 Å². The van der Waals surface area contributed by atoms with Gasteiger partial charge in [0.15, 0.2) is 13.2 Å². The lowest BCUT2D eigenvalue weighted by atomic mass is 10.1. The van der Waals surface area contributed by atoms with Crippen molar-refractivity contribution in [3.05, 3.63) is 4.91 Å². The lowest BCUT2D eigenvalue weighted by Crippen LogP contribution is -2.12. The summed E-state index contributed by atoms with van der Waals surface area (Å²) in [6, 6.07) is 0. The van der Waals surface area contributed by atoms with Gasteiger partial charge in [0, 0.05) is 0 Å². The Bertz CT molecular complexity index is 314. The van der Waals surface area contributed by atoms with Crippen LogP contribution in [0.25, 0.3) is 0 Å². The fourth-order valence-corrected chi connectivity index (χ4v) is 3.64. The lowest BCUT2D eigenvalue weighted by molar-refractivity contribution is -0.981. The first-order valence-electron chi connectivity index (χ1n) is 12.9. The molecule has 30 heavy (non-hydrogen) atoms. The second kappa shape index (κ2) is 26.2. The lowest BCUT2D eigenvalue weighted by Gasteiger charge is -2.02. The number of rotatable bonds is 26. The van der Waals surface area contributed by atoms with Crippen molar-refractivity contribution in [2.24, 2.45) is 11.5 Å². The molecular weight excluding hydrogens is 378 g/mol. The number of hydrogen-bond acceptors (Lipinski definition) is 5. The Labute approximate surface area is 186 Å². The summed E-state index contributed by atoms with van der Waals surface area (Å²) in [6.45, 7) is 2.55. The zero-order valence-electron chi connectivity index (χ0n) is 19.8. The van der Waals surface area contributed by atoms with E-state index in [0.717, 1.165) is 51.6 Å². The summed E-state index contributed by atoms with van der Waals surface area (Å²) >= 11 is 0. The predicted molar refractivity (Wildman–Crippen MR) is 126 cm³/mol. The van der Waals surface area contributed by atoms with Crippen molar-refractivity contribution < 1.29 is 14.8 Å². The topological polar surface area (TPSA) is 90.6 Å². The minimum absolute atomic E-state index is 0.308. The van der Waals surface area contributed by atoms with Crippen LogP contribution in [0.5, 0.6) is 0 Å². The Kier molecular flexibility index (Phi) is 25.4. The van der Waals surface area contributed by atoms with Gasteiger partial charge in [0.1, 0.15) is 4.91 Å². The SMILES string of the molecule is NCCCCCCCCCCCCO[N+](=O)OCCCCCCCCCCCCN. The fourth-order valence-electron chi connectivity index (χ4n) is 3.64. The molecule has 6 heteroatoms. The Morgan fingerprint density at radius 1 is 0.400 bits per heavy atom. The summed E-state index contributed by atoms with van der Waals surface area (Å²) in [5.41, 5.74) is 11.0. The summed E-state index contributed by atoms with van der Waals surface area (Å²) in [6.07, 6.45) is 24.6. The van der Waals surface area contributed by atoms with Gasteiger partial charge in [0.25, 0.3) is 0 Å². The van der Waals surface area contributed by atoms with Gasteiger partial charge in [-0.2, -0.15) is 9.68 Å². The van der Waals surface area contributed by atoms with Crippen LogP contribution < -0.4 is 11.5 Å². The molecular formula is C24H52N3O3+. The van der Waals surface area contributed by atoms with Gasteiger partial charge in [-0.3, -0.25) is 0 Å². The van der Waals surface area contributed by atoms with Crippen molar-refractivity contribution in [2.75, 3.05) is 26.3 Å². The van der Waals surface area contributed by atoms with Gasteiger partial charge < -0.3 is 11.5 Å². The average Bonchev–Trinajstić information content (AvgIpc) is 2.75. The van der Waals surface area contributed by atoms with E-state index in [-0.39, 0.29) is 0 Å². The zero-order chi connectivity index (χ0) is 22.0. The summed E-state index contributed by atoms with van der Waals surface area (Å²) in [7, 11) is 0. The predicted octanol–water partition coefficient (Wildman–Crippen LogP) is 6.35. The summed E-state index contributed by atoms with van der Waals surface area (Å²) in [5, 5.41) is 0.308. The highest BCUT2D eigenvalue weighted by molar-refractivity contribution is 4.49. The van der Waals surface area contributed by atoms with Crippen molar-refractivity contribution in [2.45, 2.75) is 128 Å². The molecule has 0 aromatic heterocycles. The van der Waals surface area contributed by atoms with Crippen LogP contribution in [0.4, 0.5) is 0 Å². The molecule has 180 valence electrons. The second-order valence-electron chi connectivity index (χ2n) is 8.54. The molecule has 0 rings (SSSR count). The minimum atomic E-state index is 0.308. The average molecular weight is 431 g/mol. The molecule has 0 aliphatic heterocycles. The van der Waals surface area contributed by atoms with Gasteiger partial charge in [-0.25, -0.2) is 0 Å². The number of hydrogen-bond donors (Lipinski definition) is 2. The Balaban J connectivity index is 3.14. The number of unbranched alkanes of at least 4 members (excludes halogenated alkanes) is 18. The van der Waals surface area contributed by atoms with Crippen LogP contribution in [-0.2, 0) is 9.68 Å². The van der Waals surface area contributed by atoms with Crippen LogP contribution in [0.2, 0.25) is 0 Å². The first-order valence-corrected chi connectivity index (χ1v) is 12.9. The molecule has 0 heterocycles. The van der Waals surface area contributed by atoms with Gasteiger partial charge >= 0.3 is 5.09 Å². The molecule has 0 fully saturated rings. The van der Waals surface area contributed by atoms with Crippen molar-refractivity contribution in [3.63, 3.8) is 0 Å². The highest BCUT2D eigenvalue weighted by atomic mass is 17.0. The normalized spacial score (nSPS) is 11.0. The molecule has 0 amide bonds. The van der Waals surface area contributed by atoms with Crippen LogP contribution in [0, 0.1) is 4.91 Å². The van der Waals surface area contributed by atoms with E-state index in [9.17, 15) is 4.91 Å². The molecule has 0 aliphatic rings. The van der Waals surface area contributed by atoms with E-state index in [2.05, 4.69) is 0 Å². The summed E-state index contributed by atoms with van der Waals surface area (Å²) < 4.78 is 0. The molecule has 0 aromatic rings. The monoisotopic (exact) mass is 430 g/mol. The zero-order valence-corrected chi connectivity index (χ0v) is 19.8. The van der Waals surface area contributed by atoms with E-state index in [1.54, 1.807) is 0 Å². The number of nitrogens with zero attached hydrogens (tertiary/aromatic N) is 1. The second-order valence-corrected chi connectivity index (χ2v) is 8.54. The Hall–Kier alpha value is -0.880. The van der Waals surface area contributed by atoms with E-state index in [1.807, 2.05) is 0 Å². The largest absolute Gasteiger partial charge is 0.477 e. The molecule has 0 saturated carbocycles. The molecule has 0 aliphatic carbocycles. The third kappa shape index (κ3) is 25.2. The van der Waals surface area contributed by atoms with Crippen LogP contribution in [0.3, 0.4) is 0 Å². The quantitative estimate of drug-likeness (QED) is 0.123. The molecule has 0 atom stereocenters. The smallest absolute Gasteiger partial charge is 0.330 e. The fraction of sp³-hybridized carbons (Fsp3) is 1.00. The van der Waals surface area contributed by atoms with Crippen molar-refractivity contribution in [3.8, 4) is 0 Å². The molecule has 0 spiro atoms. The van der Waals surface area contributed by atoms with Crippen molar-refractivity contribution in [1.29, 1.82) is 0 Å². The minimum Gasteiger partial charge on any atom is -0.330 e. The van der Waals surface area contributed by atoms with E-state index in [4.69, 9.17) is 21.1 Å². The van der Waals surface area contributed by atoms with Gasteiger partial charge in [0.05, 0.1) is 0 Å². The molecule has 0 bridgehead atoms. The van der Waals surface area contributed by atoms with Crippen molar-refractivity contribution in [1.82, 2.24) is 0 Å². The number of nitrogens with two attached hydrogens (primary N) is 2. The molecule has 0 unspecified atom stereocenters. The summed E-state index contributed by atoms with van der Waals surface area (Å²) in [4.78, 5) is 21.6. The van der Waals surface area contributed by atoms with Crippen molar-refractivity contribution >= 4 is 0 Å². The molecule has 6 nitrogen and oxygen atoms in total. The van der Waals surface area contributed by atoms with Gasteiger partial charge in [0.2, 0.25) is 0 Å². The van der Waals surface area contributed by atoms with Gasteiger partial charge in [-0.1, -0.05) is 89.9 Å². The van der Waals surface area contributed by atoms with Gasteiger partial charge in [-0.05, 0) is 51.6 Å². The molecule has 4 N–H and O–H groups in total. The maximum atomic E-state index is 11.5.